The third-order valence-corrected chi connectivity index (χ3v) is 8.06. The lowest BCUT2D eigenvalue weighted by Crippen LogP contribution is -2.39. The second kappa shape index (κ2) is 10.3. The highest BCUT2D eigenvalue weighted by atomic mass is 32.2. The zero-order valence-electron chi connectivity index (χ0n) is 19.2. The van der Waals surface area contributed by atoms with Crippen molar-refractivity contribution in [2.45, 2.75) is 23.8 Å². The molecule has 1 amide bonds. The SMILES string of the molecule is CN(C)S(=O)(=O)c1ccc(N2CCOCC2)c(C(=O)NC[C@H](c2ccco2)N2CCCC2)c1. The quantitative estimate of drug-likeness (QED) is 0.622. The highest BCUT2D eigenvalue weighted by Gasteiger charge is 2.28. The monoisotopic (exact) mass is 476 g/mol. The highest BCUT2D eigenvalue weighted by molar-refractivity contribution is 7.89. The third kappa shape index (κ3) is 5.24. The molecule has 1 aromatic carbocycles. The number of benzene rings is 1. The van der Waals surface area contributed by atoms with Gasteiger partial charge in [-0.15, -0.1) is 0 Å². The predicted molar refractivity (Wildman–Crippen MR) is 125 cm³/mol. The molecule has 4 rings (SSSR count). The van der Waals surface area contributed by atoms with Crippen molar-refractivity contribution in [2.75, 3.05) is 64.9 Å². The van der Waals surface area contributed by atoms with Gasteiger partial charge in [-0.2, -0.15) is 0 Å². The zero-order chi connectivity index (χ0) is 23.4. The van der Waals surface area contributed by atoms with Crippen LogP contribution in [0.3, 0.4) is 0 Å². The first kappa shape index (κ1) is 23.7. The first-order chi connectivity index (χ1) is 15.9. The number of likely N-dealkylation sites (tertiary alicyclic amines) is 1. The number of hydrogen-bond acceptors (Lipinski definition) is 7. The van der Waals surface area contributed by atoms with E-state index in [0.717, 1.165) is 36.0 Å². The second-order valence-corrected chi connectivity index (χ2v) is 10.7. The number of hydrogen-bond donors (Lipinski definition) is 1. The van der Waals surface area contributed by atoms with Crippen LogP contribution in [0.1, 0.15) is 35.0 Å². The van der Waals surface area contributed by atoms with Gasteiger partial charge in [-0.1, -0.05) is 0 Å². The van der Waals surface area contributed by atoms with E-state index in [1.807, 2.05) is 12.1 Å². The standard InChI is InChI=1S/C23H32N4O5S/c1-25(2)33(29,30)18-7-8-20(27-11-14-31-15-12-27)19(16-18)23(28)24-17-21(22-6-5-13-32-22)26-9-3-4-10-26/h5-8,13,16,21H,3-4,9-12,14-15,17H2,1-2H3,(H,24,28)/t21-/m1/s1. The molecular formula is C23H32N4O5S. The predicted octanol–water partition coefficient (Wildman–Crippen LogP) is 1.93. The van der Waals surface area contributed by atoms with E-state index in [9.17, 15) is 13.2 Å². The Kier molecular flexibility index (Phi) is 7.38. The number of sulfonamides is 1. The molecule has 0 saturated carbocycles. The van der Waals surface area contributed by atoms with Crippen LogP contribution in [0, 0.1) is 0 Å². The molecule has 1 aromatic heterocycles. The first-order valence-electron chi connectivity index (χ1n) is 11.3. The van der Waals surface area contributed by atoms with E-state index in [1.165, 1.54) is 20.2 Å². The maximum absolute atomic E-state index is 13.4. The lowest BCUT2D eigenvalue weighted by atomic mass is 10.1. The number of carbonyl (C=O) groups is 1. The van der Waals surface area contributed by atoms with Crippen molar-refractivity contribution in [2.24, 2.45) is 0 Å². The summed E-state index contributed by atoms with van der Waals surface area (Å²) in [5.74, 6) is 0.512. The molecule has 10 heteroatoms. The van der Waals surface area contributed by atoms with Crippen molar-refractivity contribution in [3.63, 3.8) is 0 Å². The van der Waals surface area contributed by atoms with E-state index in [1.54, 1.807) is 18.4 Å². The minimum absolute atomic E-state index is 0.0630. The van der Waals surface area contributed by atoms with Crippen LogP contribution in [-0.2, 0) is 14.8 Å². The van der Waals surface area contributed by atoms with E-state index in [0.29, 0.717) is 44.1 Å². The van der Waals surface area contributed by atoms with Crippen LogP contribution in [0.5, 0.6) is 0 Å². The summed E-state index contributed by atoms with van der Waals surface area (Å²) in [4.78, 5) is 17.9. The minimum atomic E-state index is -3.67. The minimum Gasteiger partial charge on any atom is -0.468 e. The summed E-state index contributed by atoms with van der Waals surface area (Å²) < 4.78 is 37.7. The lowest BCUT2D eigenvalue weighted by Gasteiger charge is -2.31. The summed E-state index contributed by atoms with van der Waals surface area (Å²) in [6.45, 7) is 4.70. The third-order valence-electron chi connectivity index (χ3n) is 6.25. The Labute approximate surface area is 195 Å². The van der Waals surface area contributed by atoms with Crippen LogP contribution in [-0.4, -0.2) is 83.6 Å². The first-order valence-corrected chi connectivity index (χ1v) is 12.8. The Balaban J connectivity index is 1.61. The van der Waals surface area contributed by atoms with Crippen LogP contribution in [0.15, 0.2) is 45.9 Å². The summed E-state index contributed by atoms with van der Waals surface area (Å²) in [6, 6.07) is 8.48. The molecule has 2 fully saturated rings. The molecule has 180 valence electrons. The molecule has 2 aliphatic rings. The number of morpholine rings is 1. The van der Waals surface area contributed by atoms with Gasteiger partial charge in [-0.25, -0.2) is 12.7 Å². The fourth-order valence-corrected chi connectivity index (χ4v) is 5.31. The van der Waals surface area contributed by atoms with E-state index in [-0.39, 0.29) is 16.8 Å². The number of furan rings is 1. The van der Waals surface area contributed by atoms with Gasteiger partial charge in [0.05, 0.1) is 36.0 Å². The number of rotatable bonds is 8. The van der Waals surface area contributed by atoms with Crippen molar-refractivity contribution >= 4 is 21.6 Å². The van der Waals surface area contributed by atoms with Gasteiger partial charge >= 0.3 is 0 Å². The van der Waals surface area contributed by atoms with E-state index >= 15 is 0 Å². The van der Waals surface area contributed by atoms with Gasteiger partial charge in [0, 0.05) is 39.4 Å². The Hall–Kier alpha value is -2.40. The zero-order valence-corrected chi connectivity index (χ0v) is 20.0. The molecular weight excluding hydrogens is 444 g/mol. The Morgan fingerprint density at radius 1 is 1.12 bits per heavy atom. The molecule has 0 spiro atoms. The molecule has 0 aliphatic carbocycles. The van der Waals surface area contributed by atoms with Gasteiger partial charge in [-0.05, 0) is 56.3 Å². The molecule has 9 nitrogen and oxygen atoms in total. The number of carbonyl (C=O) groups excluding carboxylic acids is 1. The van der Waals surface area contributed by atoms with Crippen LogP contribution in [0.25, 0.3) is 0 Å². The Morgan fingerprint density at radius 3 is 2.48 bits per heavy atom. The second-order valence-electron chi connectivity index (χ2n) is 8.55. The highest BCUT2D eigenvalue weighted by Crippen LogP contribution is 2.28. The van der Waals surface area contributed by atoms with E-state index < -0.39 is 10.0 Å². The molecule has 0 bridgehead atoms. The smallest absolute Gasteiger partial charge is 0.253 e. The average Bonchev–Trinajstić information content (AvgIpc) is 3.54. The number of amides is 1. The Morgan fingerprint density at radius 2 is 1.85 bits per heavy atom. The summed E-state index contributed by atoms with van der Waals surface area (Å²) in [7, 11) is -0.711. The maximum Gasteiger partial charge on any atom is 0.253 e. The summed E-state index contributed by atoms with van der Waals surface area (Å²) >= 11 is 0. The van der Waals surface area contributed by atoms with Crippen molar-refractivity contribution in [1.82, 2.24) is 14.5 Å². The molecule has 2 aromatic rings. The largest absolute Gasteiger partial charge is 0.468 e. The normalized spacial score (nSPS) is 18.6. The number of anilines is 1. The van der Waals surface area contributed by atoms with E-state index in [4.69, 9.17) is 9.15 Å². The average molecular weight is 477 g/mol. The summed E-state index contributed by atoms with van der Waals surface area (Å²) in [5, 5.41) is 3.04. The van der Waals surface area contributed by atoms with Gasteiger partial charge < -0.3 is 19.4 Å². The van der Waals surface area contributed by atoms with Crippen molar-refractivity contribution in [3.8, 4) is 0 Å². The van der Waals surface area contributed by atoms with Crippen molar-refractivity contribution in [3.05, 3.63) is 47.9 Å². The van der Waals surface area contributed by atoms with Crippen LogP contribution in [0.2, 0.25) is 0 Å². The molecule has 0 unspecified atom stereocenters. The topological polar surface area (TPSA) is 95.3 Å². The summed E-state index contributed by atoms with van der Waals surface area (Å²) in [6.07, 6.45) is 3.89. The molecule has 3 heterocycles. The number of ether oxygens (including phenoxy) is 1. The van der Waals surface area contributed by atoms with Gasteiger partial charge in [-0.3, -0.25) is 9.69 Å². The van der Waals surface area contributed by atoms with Crippen molar-refractivity contribution < 1.29 is 22.4 Å². The fraction of sp³-hybridized carbons (Fsp3) is 0.522. The molecule has 1 N–H and O–H groups in total. The number of nitrogens with one attached hydrogen (secondary N) is 1. The van der Waals surface area contributed by atoms with Crippen LogP contribution in [0.4, 0.5) is 5.69 Å². The molecule has 2 aliphatic heterocycles. The number of nitrogens with zero attached hydrogens (tertiary/aromatic N) is 3. The summed E-state index contributed by atoms with van der Waals surface area (Å²) in [5.41, 5.74) is 1.06. The van der Waals surface area contributed by atoms with E-state index in [2.05, 4.69) is 15.1 Å². The molecule has 0 radical (unpaired) electrons. The van der Waals surface area contributed by atoms with Gasteiger partial charge in [0.15, 0.2) is 0 Å². The van der Waals surface area contributed by atoms with Gasteiger partial charge in [0.1, 0.15) is 5.76 Å². The van der Waals surface area contributed by atoms with Crippen LogP contribution < -0.4 is 10.2 Å². The fourth-order valence-electron chi connectivity index (χ4n) is 4.38. The van der Waals surface area contributed by atoms with Crippen LogP contribution >= 0.6 is 0 Å². The van der Waals surface area contributed by atoms with Crippen molar-refractivity contribution in [1.29, 1.82) is 0 Å². The Bertz CT molecular complexity index is 1040. The maximum atomic E-state index is 13.4. The lowest BCUT2D eigenvalue weighted by molar-refractivity contribution is 0.0932. The molecule has 33 heavy (non-hydrogen) atoms. The van der Waals surface area contributed by atoms with Gasteiger partial charge in [0.25, 0.3) is 5.91 Å². The molecule has 2 saturated heterocycles. The molecule has 1 atom stereocenters. The van der Waals surface area contributed by atoms with Gasteiger partial charge in [0.2, 0.25) is 10.0 Å².